The highest BCUT2D eigenvalue weighted by Gasteiger charge is 2.52. The van der Waals surface area contributed by atoms with Gasteiger partial charge in [-0.3, -0.25) is 14.5 Å². The fourth-order valence-corrected chi connectivity index (χ4v) is 4.56. The molecule has 2 fully saturated rings. The molecule has 2 heterocycles. The number of nitrogens with zero attached hydrogens (tertiary/aromatic N) is 3. The lowest BCUT2D eigenvalue weighted by Crippen LogP contribution is -2.52. The first-order valence-corrected chi connectivity index (χ1v) is 11.5. The molecular weight excluding hydrogens is 442 g/mol. The smallest absolute Gasteiger partial charge is 0.325 e. The van der Waals surface area contributed by atoms with Gasteiger partial charge in [0.2, 0.25) is 5.91 Å². The number of hydrogen-bond donors (Lipinski definition) is 1. The SMILES string of the molecule is CCCC[C@]1(c2ccc(F)cc2)NC(=O)N(CC(=O)N2CCN(c3ccc(F)cc3)CC2)C1=O. The number of piperazine rings is 1. The Hall–Kier alpha value is -3.49. The Morgan fingerprint density at radius 2 is 1.53 bits per heavy atom. The van der Waals surface area contributed by atoms with Gasteiger partial charge in [0, 0.05) is 31.9 Å². The molecule has 1 N–H and O–H groups in total. The van der Waals surface area contributed by atoms with Crippen molar-refractivity contribution in [3.63, 3.8) is 0 Å². The molecule has 0 unspecified atom stereocenters. The van der Waals surface area contributed by atoms with E-state index in [4.69, 9.17) is 0 Å². The van der Waals surface area contributed by atoms with E-state index in [2.05, 4.69) is 10.2 Å². The van der Waals surface area contributed by atoms with Crippen LogP contribution >= 0.6 is 0 Å². The molecular formula is C25H28F2N4O3. The summed E-state index contributed by atoms with van der Waals surface area (Å²) in [5.74, 6) is -1.54. The Labute approximate surface area is 197 Å². The van der Waals surface area contributed by atoms with Gasteiger partial charge >= 0.3 is 6.03 Å². The fraction of sp³-hybridized carbons (Fsp3) is 0.400. The van der Waals surface area contributed by atoms with Gasteiger partial charge in [-0.15, -0.1) is 0 Å². The van der Waals surface area contributed by atoms with Gasteiger partial charge in [0.15, 0.2) is 0 Å². The van der Waals surface area contributed by atoms with Crippen LogP contribution in [0.2, 0.25) is 0 Å². The number of hydrogen-bond acceptors (Lipinski definition) is 4. The number of rotatable bonds is 7. The highest BCUT2D eigenvalue weighted by atomic mass is 19.1. The van der Waals surface area contributed by atoms with Gasteiger partial charge in [-0.2, -0.15) is 0 Å². The predicted octanol–water partition coefficient (Wildman–Crippen LogP) is 3.25. The normalized spacial score (nSPS) is 20.6. The summed E-state index contributed by atoms with van der Waals surface area (Å²) in [5.41, 5.74) is 0.0775. The molecule has 4 rings (SSSR count). The summed E-state index contributed by atoms with van der Waals surface area (Å²) in [6.45, 7) is 3.61. The van der Waals surface area contributed by atoms with E-state index in [1.807, 2.05) is 6.92 Å². The van der Waals surface area contributed by atoms with Crippen molar-refractivity contribution in [1.82, 2.24) is 15.1 Å². The van der Waals surface area contributed by atoms with Gasteiger partial charge in [0.25, 0.3) is 5.91 Å². The lowest BCUT2D eigenvalue weighted by atomic mass is 9.85. The third-order valence-electron chi connectivity index (χ3n) is 6.54. The maximum Gasteiger partial charge on any atom is 0.325 e. The molecule has 0 bridgehead atoms. The molecule has 2 saturated heterocycles. The van der Waals surface area contributed by atoms with Gasteiger partial charge in [0.05, 0.1) is 0 Å². The van der Waals surface area contributed by atoms with Crippen LogP contribution in [0.3, 0.4) is 0 Å². The Bertz CT molecular complexity index is 1050. The van der Waals surface area contributed by atoms with Crippen LogP contribution in [0.5, 0.6) is 0 Å². The Morgan fingerprint density at radius 3 is 2.12 bits per heavy atom. The van der Waals surface area contributed by atoms with Crippen LogP contribution in [-0.2, 0) is 15.1 Å². The highest BCUT2D eigenvalue weighted by molar-refractivity contribution is 6.09. The van der Waals surface area contributed by atoms with Crippen molar-refractivity contribution in [2.24, 2.45) is 0 Å². The molecule has 2 aromatic rings. The minimum absolute atomic E-state index is 0.304. The first kappa shape index (κ1) is 23.7. The number of anilines is 1. The van der Waals surface area contributed by atoms with Crippen molar-refractivity contribution in [2.75, 3.05) is 37.6 Å². The van der Waals surface area contributed by atoms with E-state index in [9.17, 15) is 23.2 Å². The second kappa shape index (κ2) is 9.79. The van der Waals surface area contributed by atoms with Gasteiger partial charge in [0.1, 0.15) is 23.7 Å². The summed E-state index contributed by atoms with van der Waals surface area (Å²) in [5, 5.41) is 2.78. The average Bonchev–Trinajstić information content (AvgIpc) is 3.08. The maximum atomic E-state index is 13.5. The molecule has 2 aliphatic heterocycles. The molecule has 7 nitrogen and oxygen atoms in total. The number of unbranched alkanes of at least 4 members (excludes halogenated alkanes) is 1. The zero-order chi connectivity index (χ0) is 24.3. The minimum Gasteiger partial charge on any atom is -0.368 e. The molecule has 9 heteroatoms. The lowest BCUT2D eigenvalue weighted by Gasteiger charge is -2.36. The number of imide groups is 1. The second-order valence-electron chi connectivity index (χ2n) is 8.68. The van der Waals surface area contributed by atoms with E-state index >= 15 is 0 Å². The highest BCUT2D eigenvalue weighted by Crippen LogP contribution is 2.34. The van der Waals surface area contributed by atoms with Crippen LogP contribution in [-0.4, -0.2) is 60.4 Å². The Morgan fingerprint density at radius 1 is 0.941 bits per heavy atom. The summed E-state index contributed by atoms with van der Waals surface area (Å²) in [6, 6.07) is 11.1. The summed E-state index contributed by atoms with van der Waals surface area (Å²) in [4.78, 5) is 43.9. The van der Waals surface area contributed by atoms with Gasteiger partial charge in [-0.05, 0) is 48.4 Å². The number of carbonyl (C=O) groups is 3. The number of halogens is 2. The predicted molar refractivity (Wildman–Crippen MR) is 123 cm³/mol. The van der Waals surface area contributed by atoms with Crippen molar-refractivity contribution in [2.45, 2.75) is 31.7 Å². The van der Waals surface area contributed by atoms with Crippen LogP contribution < -0.4 is 10.2 Å². The lowest BCUT2D eigenvalue weighted by molar-refractivity contribution is -0.139. The van der Waals surface area contributed by atoms with E-state index < -0.39 is 23.3 Å². The molecule has 0 spiro atoms. The van der Waals surface area contributed by atoms with Crippen molar-refractivity contribution in [1.29, 1.82) is 0 Å². The monoisotopic (exact) mass is 470 g/mol. The first-order chi connectivity index (χ1) is 16.3. The molecule has 4 amide bonds. The number of carbonyl (C=O) groups excluding carboxylic acids is 3. The minimum atomic E-state index is -1.30. The first-order valence-electron chi connectivity index (χ1n) is 11.5. The zero-order valence-corrected chi connectivity index (χ0v) is 19.1. The van der Waals surface area contributed by atoms with Gasteiger partial charge < -0.3 is 15.1 Å². The van der Waals surface area contributed by atoms with Crippen molar-refractivity contribution in [3.8, 4) is 0 Å². The summed E-state index contributed by atoms with van der Waals surface area (Å²) < 4.78 is 26.7. The fourth-order valence-electron chi connectivity index (χ4n) is 4.56. The second-order valence-corrected chi connectivity index (χ2v) is 8.68. The molecule has 2 aromatic carbocycles. The average molecular weight is 471 g/mol. The third kappa shape index (κ3) is 4.60. The standard InChI is InChI=1S/C25H28F2N4O3/c1-2-3-12-25(18-4-6-19(26)7-5-18)23(33)31(24(34)28-25)17-22(32)30-15-13-29(14-16-30)21-10-8-20(27)9-11-21/h4-11H,2-3,12-17H2,1H3,(H,28,34)/t25-/m1/s1. The van der Waals surface area contributed by atoms with Crippen LogP contribution in [0.1, 0.15) is 31.7 Å². The number of benzene rings is 2. The number of urea groups is 1. The Balaban J connectivity index is 1.43. The molecule has 180 valence electrons. The van der Waals surface area contributed by atoms with E-state index in [1.165, 1.54) is 36.4 Å². The summed E-state index contributed by atoms with van der Waals surface area (Å²) in [7, 11) is 0. The molecule has 2 aliphatic rings. The van der Waals surface area contributed by atoms with E-state index in [1.54, 1.807) is 17.0 Å². The number of amides is 4. The van der Waals surface area contributed by atoms with Crippen molar-refractivity contribution < 1.29 is 23.2 Å². The quantitative estimate of drug-likeness (QED) is 0.631. The summed E-state index contributed by atoms with van der Waals surface area (Å²) in [6.07, 6.45) is 1.85. The van der Waals surface area contributed by atoms with Crippen LogP contribution in [0.25, 0.3) is 0 Å². The van der Waals surface area contributed by atoms with Crippen molar-refractivity contribution >= 4 is 23.5 Å². The van der Waals surface area contributed by atoms with Crippen LogP contribution in [0, 0.1) is 11.6 Å². The van der Waals surface area contributed by atoms with E-state index in [0.29, 0.717) is 44.6 Å². The Kier molecular flexibility index (Phi) is 6.81. The topological polar surface area (TPSA) is 73.0 Å². The molecule has 34 heavy (non-hydrogen) atoms. The van der Waals surface area contributed by atoms with Crippen LogP contribution in [0.4, 0.5) is 19.3 Å². The van der Waals surface area contributed by atoms with Gasteiger partial charge in [-0.1, -0.05) is 31.9 Å². The molecule has 1 atom stereocenters. The zero-order valence-electron chi connectivity index (χ0n) is 19.1. The molecule has 0 saturated carbocycles. The third-order valence-corrected chi connectivity index (χ3v) is 6.54. The van der Waals surface area contributed by atoms with Gasteiger partial charge in [-0.25, -0.2) is 13.6 Å². The number of nitrogens with one attached hydrogen (secondary N) is 1. The van der Waals surface area contributed by atoms with E-state index in [0.717, 1.165) is 17.0 Å². The molecule has 0 radical (unpaired) electrons. The van der Waals surface area contributed by atoms with Crippen molar-refractivity contribution in [3.05, 3.63) is 65.7 Å². The van der Waals surface area contributed by atoms with E-state index in [-0.39, 0.29) is 18.3 Å². The summed E-state index contributed by atoms with van der Waals surface area (Å²) >= 11 is 0. The largest absolute Gasteiger partial charge is 0.368 e. The van der Waals surface area contributed by atoms with Crippen LogP contribution in [0.15, 0.2) is 48.5 Å². The molecule has 0 aromatic heterocycles. The molecule has 0 aliphatic carbocycles. The maximum absolute atomic E-state index is 13.5.